The second-order valence-electron chi connectivity index (χ2n) is 8.68. The molecule has 206 valence electrons. The van der Waals surface area contributed by atoms with Crippen LogP contribution in [0.4, 0.5) is 11.4 Å². The maximum Gasteiger partial charge on any atom is 0.340 e. The fourth-order valence-corrected chi connectivity index (χ4v) is 4.26. The monoisotopic (exact) mass is 542 g/mol. The minimum absolute atomic E-state index is 0.190. The minimum atomic E-state index is -0.605. The molecule has 4 rings (SSSR count). The van der Waals surface area contributed by atoms with Crippen molar-refractivity contribution in [3.05, 3.63) is 95.2 Å². The van der Waals surface area contributed by atoms with Crippen LogP contribution in [0.5, 0.6) is 17.2 Å². The lowest BCUT2D eigenvalue weighted by atomic mass is 10.0. The number of para-hydroxylation sites is 2. The summed E-state index contributed by atoms with van der Waals surface area (Å²) in [6.07, 6.45) is 1.63. The number of esters is 1. The number of amides is 2. The Morgan fingerprint density at radius 3 is 2.20 bits per heavy atom. The Kier molecular flexibility index (Phi) is 8.86. The summed E-state index contributed by atoms with van der Waals surface area (Å²) in [6, 6.07) is 21.0. The molecule has 9 heteroatoms. The molecule has 0 radical (unpaired) electrons. The van der Waals surface area contributed by atoms with Crippen molar-refractivity contribution in [1.29, 1.82) is 0 Å². The van der Waals surface area contributed by atoms with Crippen molar-refractivity contribution in [1.82, 2.24) is 0 Å². The molecule has 1 heterocycles. The van der Waals surface area contributed by atoms with Gasteiger partial charge in [0.2, 0.25) is 0 Å². The highest BCUT2D eigenvalue weighted by Crippen LogP contribution is 2.36. The molecule has 1 aliphatic heterocycles. The van der Waals surface area contributed by atoms with E-state index < -0.39 is 5.97 Å². The van der Waals surface area contributed by atoms with Gasteiger partial charge >= 0.3 is 5.97 Å². The number of methoxy groups -OCH3 is 2. The molecule has 9 nitrogen and oxygen atoms in total. The molecule has 2 amide bonds. The minimum Gasteiger partial charge on any atom is -0.495 e. The molecule has 0 saturated heterocycles. The molecule has 0 unspecified atom stereocenters. The summed E-state index contributed by atoms with van der Waals surface area (Å²) in [5.41, 5.74) is 2.68. The van der Waals surface area contributed by atoms with Gasteiger partial charge in [-0.1, -0.05) is 24.3 Å². The molecular formula is C31H30N2O7. The first kappa shape index (κ1) is 28.0. The first-order chi connectivity index (χ1) is 19.4. The SMILES string of the molecule is CCOc1ccc(N2C(=O)/C(=C\c3ccc(OCC(=O)Nc4ccccc4OC)cc3)C(C(=O)OC)=C2C)cc1. The van der Waals surface area contributed by atoms with Gasteiger partial charge in [-0.2, -0.15) is 0 Å². The quantitative estimate of drug-likeness (QED) is 0.284. The van der Waals surface area contributed by atoms with Crippen LogP contribution in [0.1, 0.15) is 19.4 Å². The van der Waals surface area contributed by atoms with Gasteiger partial charge in [0.1, 0.15) is 17.2 Å². The molecule has 0 bridgehead atoms. The van der Waals surface area contributed by atoms with E-state index in [1.54, 1.807) is 79.7 Å². The van der Waals surface area contributed by atoms with Crippen molar-refractivity contribution in [3.63, 3.8) is 0 Å². The van der Waals surface area contributed by atoms with E-state index in [0.717, 1.165) is 0 Å². The Labute approximate surface area is 232 Å². The molecule has 3 aromatic carbocycles. The van der Waals surface area contributed by atoms with Gasteiger partial charge in [0.15, 0.2) is 6.61 Å². The number of ether oxygens (including phenoxy) is 4. The molecular weight excluding hydrogens is 512 g/mol. The van der Waals surface area contributed by atoms with Gasteiger partial charge in [0.05, 0.1) is 37.7 Å². The molecule has 0 aromatic heterocycles. The summed E-state index contributed by atoms with van der Waals surface area (Å²) >= 11 is 0. The zero-order chi connectivity index (χ0) is 28.6. The fraction of sp³-hybridized carbons (Fsp3) is 0.194. The molecule has 0 spiro atoms. The smallest absolute Gasteiger partial charge is 0.340 e. The van der Waals surface area contributed by atoms with Gasteiger partial charge < -0.3 is 24.3 Å². The second kappa shape index (κ2) is 12.7. The summed E-state index contributed by atoms with van der Waals surface area (Å²) in [5.74, 6) is 0.396. The first-order valence-electron chi connectivity index (χ1n) is 12.6. The van der Waals surface area contributed by atoms with Crippen molar-refractivity contribution in [2.45, 2.75) is 13.8 Å². The number of hydrogen-bond acceptors (Lipinski definition) is 7. The van der Waals surface area contributed by atoms with Crippen molar-refractivity contribution >= 4 is 35.2 Å². The van der Waals surface area contributed by atoms with Gasteiger partial charge in [-0.25, -0.2) is 4.79 Å². The van der Waals surface area contributed by atoms with E-state index in [1.165, 1.54) is 19.1 Å². The number of nitrogens with one attached hydrogen (secondary N) is 1. The molecule has 0 fully saturated rings. The number of carbonyl (C=O) groups is 3. The second-order valence-corrected chi connectivity index (χ2v) is 8.68. The third-order valence-corrected chi connectivity index (χ3v) is 6.14. The zero-order valence-corrected chi connectivity index (χ0v) is 22.7. The van der Waals surface area contributed by atoms with Crippen molar-refractivity contribution in [2.75, 3.05) is 37.7 Å². The maximum atomic E-state index is 13.5. The van der Waals surface area contributed by atoms with E-state index in [0.29, 0.717) is 46.5 Å². The predicted molar refractivity (Wildman–Crippen MR) is 151 cm³/mol. The fourth-order valence-electron chi connectivity index (χ4n) is 4.26. The van der Waals surface area contributed by atoms with Crippen LogP contribution in [0.3, 0.4) is 0 Å². The van der Waals surface area contributed by atoms with E-state index in [9.17, 15) is 14.4 Å². The Bertz CT molecular complexity index is 1460. The number of rotatable bonds is 10. The first-order valence-corrected chi connectivity index (χ1v) is 12.6. The van der Waals surface area contributed by atoms with Crippen LogP contribution in [0, 0.1) is 0 Å². The third kappa shape index (κ3) is 6.15. The maximum absolute atomic E-state index is 13.5. The van der Waals surface area contributed by atoms with E-state index in [-0.39, 0.29) is 29.6 Å². The number of hydrogen-bond donors (Lipinski definition) is 1. The van der Waals surface area contributed by atoms with Crippen molar-refractivity contribution < 1.29 is 33.3 Å². The lowest BCUT2D eigenvalue weighted by Gasteiger charge is -2.18. The average Bonchev–Trinajstić information content (AvgIpc) is 3.21. The molecule has 0 atom stereocenters. The van der Waals surface area contributed by atoms with Crippen LogP contribution in [0.25, 0.3) is 6.08 Å². The lowest BCUT2D eigenvalue weighted by Crippen LogP contribution is -2.24. The van der Waals surface area contributed by atoms with E-state index in [2.05, 4.69) is 5.32 Å². The topological polar surface area (TPSA) is 103 Å². The van der Waals surface area contributed by atoms with Gasteiger partial charge in [-0.3, -0.25) is 14.5 Å². The highest BCUT2D eigenvalue weighted by atomic mass is 16.5. The number of anilines is 2. The summed E-state index contributed by atoms with van der Waals surface area (Å²) in [5, 5.41) is 2.75. The van der Waals surface area contributed by atoms with Gasteiger partial charge in [-0.05, 0) is 74.0 Å². The standard InChI is InChI=1S/C31H30N2O7/c1-5-39-23-16-12-22(13-17-23)33-20(2)29(31(36)38-4)25(30(33)35)18-21-10-14-24(15-11-21)40-19-28(34)32-26-8-6-7-9-27(26)37-3/h6-18H,5,19H2,1-4H3,(H,32,34)/b25-18-. The van der Waals surface area contributed by atoms with Crippen LogP contribution in [0.2, 0.25) is 0 Å². The van der Waals surface area contributed by atoms with Gasteiger partial charge in [0, 0.05) is 11.4 Å². The van der Waals surface area contributed by atoms with Crippen LogP contribution in [-0.2, 0) is 19.1 Å². The molecule has 1 N–H and O–H groups in total. The number of carbonyl (C=O) groups excluding carboxylic acids is 3. The summed E-state index contributed by atoms with van der Waals surface area (Å²) in [7, 11) is 2.81. The number of allylic oxidation sites excluding steroid dienone is 1. The predicted octanol–water partition coefficient (Wildman–Crippen LogP) is 4.99. The highest BCUT2D eigenvalue weighted by molar-refractivity contribution is 6.23. The van der Waals surface area contributed by atoms with Crippen LogP contribution >= 0.6 is 0 Å². The molecule has 40 heavy (non-hydrogen) atoms. The molecule has 0 saturated carbocycles. The zero-order valence-electron chi connectivity index (χ0n) is 22.7. The van der Waals surface area contributed by atoms with E-state index in [4.69, 9.17) is 18.9 Å². The van der Waals surface area contributed by atoms with Crippen molar-refractivity contribution in [3.8, 4) is 17.2 Å². The summed E-state index contributed by atoms with van der Waals surface area (Å²) < 4.78 is 21.3. The highest BCUT2D eigenvalue weighted by Gasteiger charge is 2.37. The normalized spacial score (nSPS) is 13.8. The molecule has 3 aromatic rings. The molecule has 0 aliphatic carbocycles. The van der Waals surface area contributed by atoms with Gasteiger partial charge in [-0.15, -0.1) is 0 Å². The van der Waals surface area contributed by atoms with E-state index in [1.807, 2.05) is 13.0 Å². The van der Waals surface area contributed by atoms with Crippen LogP contribution in [0.15, 0.2) is 89.6 Å². The van der Waals surface area contributed by atoms with Crippen molar-refractivity contribution in [2.24, 2.45) is 0 Å². The summed E-state index contributed by atoms with van der Waals surface area (Å²) in [4.78, 5) is 40.0. The molecule has 1 aliphatic rings. The number of benzene rings is 3. The number of nitrogens with zero attached hydrogens (tertiary/aromatic N) is 1. The summed E-state index contributed by atoms with van der Waals surface area (Å²) in [6.45, 7) is 3.92. The third-order valence-electron chi connectivity index (χ3n) is 6.14. The Morgan fingerprint density at radius 1 is 0.900 bits per heavy atom. The Hall–Kier alpha value is -5.05. The average molecular weight is 543 g/mol. The largest absolute Gasteiger partial charge is 0.495 e. The Balaban J connectivity index is 1.49. The lowest BCUT2D eigenvalue weighted by molar-refractivity contribution is -0.136. The van der Waals surface area contributed by atoms with E-state index >= 15 is 0 Å². The van der Waals surface area contributed by atoms with Crippen LogP contribution < -0.4 is 24.4 Å². The van der Waals surface area contributed by atoms with Gasteiger partial charge in [0.25, 0.3) is 11.8 Å². The van der Waals surface area contributed by atoms with Crippen LogP contribution in [-0.4, -0.2) is 45.2 Å². The Morgan fingerprint density at radius 2 is 1.55 bits per heavy atom.